The van der Waals surface area contributed by atoms with Crippen LogP contribution in [0.4, 0.5) is 0 Å². The molecule has 1 unspecified atom stereocenters. The molecule has 0 bridgehead atoms. The molecule has 0 amide bonds. The molecule has 0 saturated carbocycles. The summed E-state index contributed by atoms with van der Waals surface area (Å²) in [5, 5.41) is 17.7. The minimum atomic E-state index is -0.587. The average molecular weight is 311 g/mol. The maximum absolute atomic E-state index is 9.81. The van der Waals surface area contributed by atoms with Gasteiger partial charge in [-0.1, -0.05) is 29.8 Å². The monoisotopic (exact) mass is 310 g/mol. The Morgan fingerprint density at radius 3 is 2.95 bits per heavy atom. The number of benzene rings is 1. The van der Waals surface area contributed by atoms with Crippen LogP contribution in [0.3, 0.4) is 0 Å². The van der Waals surface area contributed by atoms with Crippen molar-refractivity contribution >= 4 is 11.6 Å². The number of nitrogens with one attached hydrogen (secondary N) is 1. The Morgan fingerprint density at radius 2 is 2.24 bits per heavy atom. The lowest BCUT2D eigenvalue weighted by Gasteiger charge is -2.12. The zero-order valence-corrected chi connectivity index (χ0v) is 12.6. The van der Waals surface area contributed by atoms with Crippen LogP contribution in [0.1, 0.15) is 11.4 Å². The van der Waals surface area contributed by atoms with Gasteiger partial charge >= 0.3 is 0 Å². The summed E-state index contributed by atoms with van der Waals surface area (Å²) >= 11 is 6.02. The van der Waals surface area contributed by atoms with E-state index in [0.717, 1.165) is 5.56 Å². The summed E-state index contributed by atoms with van der Waals surface area (Å²) in [5.74, 6) is 0.696. The van der Waals surface area contributed by atoms with Gasteiger partial charge in [0.1, 0.15) is 6.33 Å². The summed E-state index contributed by atoms with van der Waals surface area (Å²) < 4.78 is 7.10. The highest BCUT2D eigenvalue weighted by atomic mass is 35.5. The molecule has 114 valence electrons. The lowest BCUT2D eigenvalue weighted by molar-refractivity contribution is 0.0287. The molecule has 2 rings (SSSR count). The first-order valence-electron chi connectivity index (χ1n) is 6.69. The first-order chi connectivity index (χ1) is 10.1. The number of rotatable bonds is 8. The second kappa shape index (κ2) is 8.09. The molecule has 2 aromatic rings. The molecule has 0 aliphatic rings. The summed E-state index contributed by atoms with van der Waals surface area (Å²) in [7, 11) is 1.81. The van der Waals surface area contributed by atoms with Crippen LogP contribution in [0.2, 0.25) is 5.02 Å². The SMILES string of the molecule is Cn1cnc(CNCC(O)COCc2ccccc2Cl)n1. The summed E-state index contributed by atoms with van der Waals surface area (Å²) in [6.45, 7) is 1.57. The van der Waals surface area contributed by atoms with E-state index in [9.17, 15) is 5.11 Å². The maximum Gasteiger partial charge on any atom is 0.164 e. The van der Waals surface area contributed by atoms with Crippen molar-refractivity contribution in [2.24, 2.45) is 7.05 Å². The summed E-state index contributed by atoms with van der Waals surface area (Å²) in [5.41, 5.74) is 0.914. The number of aliphatic hydroxyl groups excluding tert-OH is 1. The van der Waals surface area contributed by atoms with Gasteiger partial charge in [-0.05, 0) is 11.6 Å². The minimum absolute atomic E-state index is 0.244. The largest absolute Gasteiger partial charge is 0.389 e. The van der Waals surface area contributed by atoms with Crippen molar-refractivity contribution in [2.45, 2.75) is 19.3 Å². The van der Waals surface area contributed by atoms with Gasteiger partial charge in [-0.2, -0.15) is 5.10 Å². The van der Waals surface area contributed by atoms with E-state index in [4.69, 9.17) is 16.3 Å². The van der Waals surface area contributed by atoms with Crippen LogP contribution in [0, 0.1) is 0 Å². The van der Waals surface area contributed by atoms with Gasteiger partial charge < -0.3 is 15.2 Å². The number of halogens is 1. The lowest BCUT2D eigenvalue weighted by Crippen LogP contribution is -2.30. The van der Waals surface area contributed by atoms with Gasteiger partial charge in [0.2, 0.25) is 0 Å². The second-order valence-corrected chi connectivity index (χ2v) is 5.13. The number of hydrogen-bond donors (Lipinski definition) is 2. The molecular formula is C14H19ClN4O2. The highest BCUT2D eigenvalue weighted by Crippen LogP contribution is 2.15. The molecule has 1 aromatic heterocycles. The van der Waals surface area contributed by atoms with Crippen LogP contribution in [0.5, 0.6) is 0 Å². The molecule has 21 heavy (non-hydrogen) atoms. The lowest BCUT2D eigenvalue weighted by atomic mass is 10.2. The number of nitrogens with zero attached hydrogens (tertiary/aromatic N) is 3. The maximum atomic E-state index is 9.81. The van der Waals surface area contributed by atoms with Crippen LogP contribution < -0.4 is 5.32 Å². The first-order valence-corrected chi connectivity index (χ1v) is 7.07. The predicted molar refractivity (Wildman–Crippen MR) is 79.8 cm³/mol. The van der Waals surface area contributed by atoms with Crippen LogP contribution >= 0.6 is 11.6 Å². The molecular weight excluding hydrogens is 292 g/mol. The number of aromatic nitrogens is 3. The van der Waals surface area contributed by atoms with Crippen LogP contribution in [-0.2, 0) is 24.9 Å². The minimum Gasteiger partial charge on any atom is -0.389 e. The standard InChI is InChI=1S/C14H19ClN4O2/c1-19-10-17-14(18-19)7-16-6-12(20)9-21-8-11-4-2-3-5-13(11)15/h2-5,10,12,16,20H,6-9H2,1H3. The summed E-state index contributed by atoms with van der Waals surface area (Å²) in [4.78, 5) is 4.09. The van der Waals surface area contributed by atoms with Crippen LogP contribution in [0.25, 0.3) is 0 Å². The van der Waals surface area contributed by atoms with Crippen molar-refractivity contribution in [2.75, 3.05) is 13.2 Å². The van der Waals surface area contributed by atoms with E-state index in [2.05, 4.69) is 15.4 Å². The van der Waals surface area contributed by atoms with Gasteiger partial charge in [0.15, 0.2) is 5.82 Å². The van der Waals surface area contributed by atoms with E-state index < -0.39 is 6.10 Å². The van der Waals surface area contributed by atoms with Crippen LogP contribution in [-0.4, -0.2) is 39.1 Å². The van der Waals surface area contributed by atoms with Crippen molar-refractivity contribution in [1.29, 1.82) is 0 Å². The van der Waals surface area contributed by atoms with Crippen molar-refractivity contribution in [1.82, 2.24) is 20.1 Å². The predicted octanol–water partition coefficient (Wildman–Crippen LogP) is 1.14. The zero-order chi connectivity index (χ0) is 15.1. The third kappa shape index (κ3) is 5.43. The topological polar surface area (TPSA) is 72.2 Å². The summed E-state index contributed by atoms with van der Waals surface area (Å²) in [6, 6.07) is 7.50. The average Bonchev–Trinajstić information content (AvgIpc) is 2.87. The number of aryl methyl sites for hydroxylation is 1. The van der Waals surface area contributed by atoms with Gasteiger partial charge in [0.25, 0.3) is 0 Å². The molecule has 6 nitrogen and oxygen atoms in total. The van der Waals surface area contributed by atoms with Crippen LogP contribution in [0.15, 0.2) is 30.6 Å². The second-order valence-electron chi connectivity index (χ2n) is 4.73. The summed E-state index contributed by atoms with van der Waals surface area (Å²) in [6.07, 6.45) is 1.05. The van der Waals surface area contributed by atoms with E-state index in [1.54, 1.807) is 11.0 Å². The van der Waals surface area contributed by atoms with E-state index in [1.165, 1.54) is 0 Å². The zero-order valence-electron chi connectivity index (χ0n) is 11.9. The van der Waals surface area contributed by atoms with Gasteiger partial charge in [-0.15, -0.1) is 0 Å². The fraction of sp³-hybridized carbons (Fsp3) is 0.429. The Balaban J connectivity index is 1.61. The van der Waals surface area contributed by atoms with Gasteiger partial charge in [0.05, 0.1) is 25.9 Å². The van der Waals surface area contributed by atoms with Gasteiger partial charge in [-0.25, -0.2) is 4.98 Å². The van der Waals surface area contributed by atoms with Crippen molar-refractivity contribution in [3.8, 4) is 0 Å². The number of ether oxygens (including phenoxy) is 1. The Labute approximate surface area is 128 Å². The third-order valence-corrected chi connectivity index (χ3v) is 3.20. The highest BCUT2D eigenvalue weighted by Gasteiger charge is 2.06. The molecule has 0 radical (unpaired) electrons. The van der Waals surface area contributed by atoms with Crippen molar-refractivity contribution in [3.63, 3.8) is 0 Å². The fourth-order valence-corrected chi connectivity index (χ4v) is 1.99. The van der Waals surface area contributed by atoms with Crippen molar-refractivity contribution < 1.29 is 9.84 Å². The van der Waals surface area contributed by atoms with Gasteiger partial charge in [0, 0.05) is 18.6 Å². The molecule has 1 heterocycles. The Morgan fingerprint density at radius 1 is 1.43 bits per heavy atom. The molecule has 0 fully saturated rings. The van der Waals surface area contributed by atoms with E-state index in [0.29, 0.717) is 30.5 Å². The van der Waals surface area contributed by atoms with Gasteiger partial charge in [-0.3, -0.25) is 4.68 Å². The normalized spacial score (nSPS) is 12.5. The van der Waals surface area contributed by atoms with E-state index >= 15 is 0 Å². The molecule has 0 aliphatic heterocycles. The Hall–Kier alpha value is -1.47. The molecule has 0 saturated heterocycles. The van der Waals surface area contributed by atoms with E-state index in [1.807, 2.05) is 31.3 Å². The highest BCUT2D eigenvalue weighted by molar-refractivity contribution is 6.31. The third-order valence-electron chi connectivity index (χ3n) is 2.84. The molecule has 1 aromatic carbocycles. The molecule has 0 aliphatic carbocycles. The smallest absolute Gasteiger partial charge is 0.164 e. The first kappa shape index (κ1) is 15.9. The molecule has 0 spiro atoms. The fourth-order valence-electron chi connectivity index (χ4n) is 1.79. The van der Waals surface area contributed by atoms with E-state index in [-0.39, 0.29) is 6.61 Å². The molecule has 7 heteroatoms. The van der Waals surface area contributed by atoms with Crippen molar-refractivity contribution in [3.05, 3.63) is 47.0 Å². The Bertz CT molecular complexity index is 561. The Kier molecular flexibility index (Phi) is 6.13. The quantitative estimate of drug-likeness (QED) is 0.765. The number of hydrogen-bond acceptors (Lipinski definition) is 5. The molecule has 2 N–H and O–H groups in total. The number of aliphatic hydroxyl groups is 1. The molecule has 1 atom stereocenters.